The Morgan fingerprint density at radius 3 is 2.44 bits per heavy atom. The van der Waals surface area contributed by atoms with Crippen LogP contribution in [0.3, 0.4) is 0 Å². The molecule has 0 aliphatic carbocycles. The Hall–Kier alpha value is -3.49. The second-order valence-corrected chi connectivity index (χ2v) is 6.04. The Morgan fingerprint density at radius 1 is 1.07 bits per heavy atom. The van der Waals surface area contributed by atoms with Gasteiger partial charge in [-0.2, -0.15) is 0 Å². The Kier molecular flexibility index (Phi) is 6.42. The summed E-state index contributed by atoms with van der Waals surface area (Å²) >= 11 is 0. The number of hydrogen-bond donors (Lipinski definition) is 3. The Labute approximate surface area is 156 Å². The van der Waals surface area contributed by atoms with Crippen molar-refractivity contribution in [1.82, 2.24) is 15.3 Å². The van der Waals surface area contributed by atoms with E-state index in [0.29, 0.717) is 23.0 Å². The van der Waals surface area contributed by atoms with Gasteiger partial charge in [-0.25, -0.2) is 14.8 Å². The Morgan fingerprint density at radius 2 is 1.81 bits per heavy atom. The number of carbonyl (C=O) groups is 3. The molecule has 2 aromatic rings. The van der Waals surface area contributed by atoms with Crippen molar-refractivity contribution >= 4 is 29.5 Å². The molecule has 0 atom stereocenters. The second-order valence-electron chi connectivity index (χ2n) is 6.04. The number of aromatic nitrogens is 2. The first-order valence-electron chi connectivity index (χ1n) is 8.25. The summed E-state index contributed by atoms with van der Waals surface area (Å²) in [5.41, 5.74) is 0.529. The Balaban J connectivity index is 2.05. The van der Waals surface area contributed by atoms with Gasteiger partial charge in [-0.15, -0.1) is 0 Å². The van der Waals surface area contributed by atoms with Crippen molar-refractivity contribution in [2.24, 2.45) is 5.92 Å². The largest absolute Gasteiger partial charge is 0.455 e. The number of anilines is 2. The van der Waals surface area contributed by atoms with Crippen molar-refractivity contribution in [2.75, 3.05) is 10.6 Å². The van der Waals surface area contributed by atoms with Gasteiger partial charge < -0.3 is 10.1 Å². The predicted octanol–water partition coefficient (Wildman–Crippen LogP) is 2.84. The van der Waals surface area contributed by atoms with Gasteiger partial charge in [0, 0.05) is 25.1 Å². The van der Waals surface area contributed by atoms with E-state index >= 15 is 0 Å². The van der Waals surface area contributed by atoms with Gasteiger partial charge in [0.2, 0.25) is 11.8 Å². The minimum Gasteiger partial charge on any atom is -0.455 e. The maximum absolute atomic E-state index is 11.8. The first-order valence-corrected chi connectivity index (χ1v) is 8.25. The monoisotopic (exact) mass is 371 g/mol. The molecule has 0 spiro atoms. The lowest BCUT2D eigenvalue weighted by atomic mass is 10.2. The molecule has 2 aromatic heterocycles. The molecule has 0 bridgehead atoms. The first kappa shape index (κ1) is 19.8. The number of aryl methyl sites for hydroxylation is 1. The number of carbonyl (C=O) groups excluding carboxylic acids is 3. The quantitative estimate of drug-likeness (QED) is 0.743. The maximum Gasteiger partial charge on any atom is 0.327 e. The summed E-state index contributed by atoms with van der Waals surface area (Å²) in [6.07, 6.45) is 1.51. The molecule has 2 rings (SSSR count). The van der Waals surface area contributed by atoms with Crippen LogP contribution >= 0.6 is 0 Å². The molecule has 0 aromatic carbocycles. The van der Waals surface area contributed by atoms with Crippen LogP contribution in [0.4, 0.5) is 16.4 Å². The van der Waals surface area contributed by atoms with E-state index in [9.17, 15) is 14.4 Å². The molecule has 0 unspecified atom stereocenters. The molecule has 27 heavy (non-hydrogen) atoms. The van der Waals surface area contributed by atoms with Crippen molar-refractivity contribution in [3.8, 4) is 11.5 Å². The SMILES string of the molecule is CC(=O)Nc1cc(Oc2ccc(NC(=O)NC(=O)C(C)C)nc2C)ccn1. The number of pyridine rings is 2. The molecule has 0 aliphatic heterocycles. The van der Waals surface area contributed by atoms with Gasteiger partial charge in [-0.3, -0.25) is 20.2 Å². The molecule has 2 heterocycles. The summed E-state index contributed by atoms with van der Waals surface area (Å²) in [6, 6.07) is 5.77. The van der Waals surface area contributed by atoms with Gasteiger partial charge >= 0.3 is 6.03 Å². The number of ether oxygens (including phenoxy) is 1. The fraction of sp³-hybridized carbons (Fsp3) is 0.278. The number of hydrogen-bond acceptors (Lipinski definition) is 6. The fourth-order valence-corrected chi connectivity index (χ4v) is 1.98. The van der Waals surface area contributed by atoms with Gasteiger partial charge in [0.25, 0.3) is 0 Å². The maximum atomic E-state index is 11.8. The van der Waals surface area contributed by atoms with Gasteiger partial charge in [0.1, 0.15) is 23.1 Å². The first-order chi connectivity index (χ1) is 12.7. The lowest BCUT2D eigenvalue weighted by molar-refractivity contribution is -0.122. The highest BCUT2D eigenvalue weighted by Crippen LogP contribution is 2.26. The van der Waals surface area contributed by atoms with E-state index in [1.165, 1.54) is 13.1 Å². The lowest BCUT2D eigenvalue weighted by Gasteiger charge is -2.12. The number of amides is 4. The smallest absolute Gasteiger partial charge is 0.327 e. The van der Waals surface area contributed by atoms with Crippen LogP contribution in [-0.4, -0.2) is 27.8 Å². The molecule has 4 amide bonds. The van der Waals surface area contributed by atoms with Crippen molar-refractivity contribution < 1.29 is 19.1 Å². The topological polar surface area (TPSA) is 122 Å². The highest BCUT2D eigenvalue weighted by molar-refractivity contribution is 6.01. The van der Waals surface area contributed by atoms with Crippen LogP contribution in [0.5, 0.6) is 11.5 Å². The molecule has 0 saturated heterocycles. The third-order valence-electron chi connectivity index (χ3n) is 3.30. The summed E-state index contributed by atoms with van der Waals surface area (Å²) in [6.45, 7) is 6.48. The minimum atomic E-state index is -0.650. The molecule has 142 valence electrons. The molecule has 3 N–H and O–H groups in total. The van der Waals surface area contributed by atoms with E-state index in [0.717, 1.165) is 0 Å². The van der Waals surface area contributed by atoms with E-state index in [1.54, 1.807) is 45.0 Å². The van der Waals surface area contributed by atoms with Crippen LogP contribution in [0.25, 0.3) is 0 Å². The average molecular weight is 371 g/mol. The van der Waals surface area contributed by atoms with Gasteiger partial charge in [0.05, 0.1) is 5.69 Å². The zero-order chi connectivity index (χ0) is 20.0. The number of nitrogens with one attached hydrogen (secondary N) is 3. The average Bonchev–Trinajstić information content (AvgIpc) is 2.57. The van der Waals surface area contributed by atoms with E-state index in [1.807, 2.05) is 0 Å². The van der Waals surface area contributed by atoms with Crippen LogP contribution in [-0.2, 0) is 9.59 Å². The normalized spacial score (nSPS) is 10.3. The van der Waals surface area contributed by atoms with E-state index in [-0.39, 0.29) is 23.6 Å². The summed E-state index contributed by atoms with van der Waals surface area (Å²) in [7, 11) is 0. The third kappa shape index (κ3) is 6.07. The lowest BCUT2D eigenvalue weighted by Crippen LogP contribution is -2.37. The standard InChI is InChI=1S/C18H21N5O4/c1-10(2)17(25)23-18(26)22-15-6-5-14(11(3)20-15)27-13-7-8-19-16(9-13)21-12(4)24/h5-10H,1-4H3,(H,19,21,24)(H2,20,22,23,25,26). The predicted molar refractivity (Wildman–Crippen MR) is 99.6 cm³/mol. The molecule has 0 aliphatic rings. The molecule has 9 heteroatoms. The number of imide groups is 1. The van der Waals surface area contributed by atoms with Gasteiger partial charge in [-0.05, 0) is 25.1 Å². The molecule has 0 radical (unpaired) electrons. The van der Waals surface area contributed by atoms with Crippen LogP contribution in [0.1, 0.15) is 26.5 Å². The number of rotatable bonds is 5. The molecule has 9 nitrogen and oxygen atoms in total. The summed E-state index contributed by atoms with van der Waals surface area (Å²) in [5, 5.41) is 7.29. The molecule has 0 fully saturated rings. The molecular formula is C18H21N5O4. The second kappa shape index (κ2) is 8.75. The zero-order valence-corrected chi connectivity index (χ0v) is 15.5. The van der Waals surface area contributed by atoms with Crippen LogP contribution in [0.2, 0.25) is 0 Å². The van der Waals surface area contributed by atoms with Gasteiger partial charge in [-0.1, -0.05) is 13.8 Å². The fourth-order valence-electron chi connectivity index (χ4n) is 1.98. The van der Waals surface area contributed by atoms with Gasteiger partial charge in [0.15, 0.2) is 0 Å². The highest BCUT2D eigenvalue weighted by atomic mass is 16.5. The Bertz CT molecular complexity index is 867. The van der Waals surface area contributed by atoms with Crippen LogP contribution < -0.4 is 20.7 Å². The van der Waals surface area contributed by atoms with E-state index < -0.39 is 6.03 Å². The van der Waals surface area contributed by atoms with Crippen molar-refractivity contribution in [3.63, 3.8) is 0 Å². The van der Waals surface area contributed by atoms with Crippen molar-refractivity contribution in [2.45, 2.75) is 27.7 Å². The number of urea groups is 1. The van der Waals surface area contributed by atoms with Crippen molar-refractivity contribution in [1.29, 1.82) is 0 Å². The molecular weight excluding hydrogens is 350 g/mol. The number of nitrogens with zero attached hydrogens (tertiary/aromatic N) is 2. The van der Waals surface area contributed by atoms with Crippen molar-refractivity contribution in [3.05, 3.63) is 36.2 Å². The zero-order valence-electron chi connectivity index (χ0n) is 15.5. The van der Waals surface area contributed by atoms with E-state index in [4.69, 9.17) is 4.74 Å². The third-order valence-corrected chi connectivity index (χ3v) is 3.30. The van der Waals surface area contributed by atoms with E-state index in [2.05, 4.69) is 25.9 Å². The highest BCUT2D eigenvalue weighted by Gasteiger charge is 2.13. The summed E-state index contributed by atoms with van der Waals surface area (Å²) < 4.78 is 5.75. The van der Waals surface area contributed by atoms with Crippen LogP contribution in [0, 0.1) is 12.8 Å². The van der Waals surface area contributed by atoms with Crippen LogP contribution in [0.15, 0.2) is 30.5 Å². The summed E-state index contributed by atoms with van der Waals surface area (Å²) in [4.78, 5) is 42.7. The summed E-state index contributed by atoms with van der Waals surface area (Å²) in [5.74, 6) is 0.680. The minimum absolute atomic E-state index is 0.234. The molecule has 0 saturated carbocycles.